The van der Waals surface area contributed by atoms with E-state index in [1.54, 1.807) is 39.2 Å². The van der Waals surface area contributed by atoms with Crippen LogP contribution in [0.3, 0.4) is 0 Å². The van der Waals surface area contributed by atoms with Gasteiger partial charge in [-0.3, -0.25) is 9.69 Å². The summed E-state index contributed by atoms with van der Waals surface area (Å²) in [7, 11) is 0. The van der Waals surface area contributed by atoms with E-state index in [2.05, 4.69) is 10.3 Å². The highest BCUT2D eigenvalue weighted by Crippen LogP contribution is 2.39. The molecule has 0 radical (unpaired) electrons. The van der Waals surface area contributed by atoms with Crippen LogP contribution >= 0.6 is 22.9 Å². The maximum Gasteiger partial charge on any atom is 0.280 e. The Kier molecular flexibility index (Phi) is 4.19. The van der Waals surface area contributed by atoms with Gasteiger partial charge in [0.1, 0.15) is 6.10 Å². The Morgan fingerprint density at radius 1 is 1.40 bits per heavy atom. The van der Waals surface area contributed by atoms with Crippen LogP contribution in [0.5, 0.6) is 5.75 Å². The summed E-state index contributed by atoms with van der Waals surface area (Å²) in [5.74, 6) is 0.318. The number of thiophene rings is 1. The van der Waals surface area contributed by atoms with Gasteiger partial charge in [0.25, 0.3) is 5.91 Å². The third-order valence-electron chi connectivity index (χ3n) is 3.90. The highest BCUT2D eigenvalue weighted by molar-refractivity contribution is 7.09. The van der Waals surface area contributed by atoms with Crippen LogP contribution in [-0.4, -0.2) is 33.5 Å². The van der Waals surface area contributed by atoms with Gasteiger partial charge >= 0.3 is 0 Å². The smallest absolute Gasteiger partial charge is 0.280 e. The lowest BCUT2D eigenvalue weighted by Crippen LogP contribution is -2.42. The van der Waals surface area contributed by atoms with Crippen molar-refractivity contribution in [2.24, 2.45) is 0 Å². The Morgan fingerprint density at radius 2 is 2.28 bits per heavy atom. The molecule has 3 heterocycles. The van der Waals surface area contributed by atoms with Gasteiger partial charge < -0.3 is 4.74 Å². The molecule has 0 saturated heterocycles. The molecule has 0 bridgehead atoms. The molecular weight excluding hydrogens is 360 g/mol. The van der Waals surface area contributed by atoms with Crippen molar-refractivity contribution in [3.63, 3.8) is 0 Å². The summed E-state index contributed by atoms with van der Waals surface area (Å²) in [5, 5.41) is 10.6. The fourth-order valence-electron chi connectivity index (χ4n) is 2.79. The van der Waals surface area contributed by atoms with Crippen molar-refractivity contribution in [1.82, 2.24) is 15.0 Å². The van der Waals surface area contributed by atoms with Crippen LogP contribution in [0.25, 0.3) is 0 Å². The van der Waals surface area contributed by atoms with Gasteiger partial charge in [-0.05, 0) is 30.5 Å². The molecule has 1 atom stereocenters. The minimum absolute atomic E-state index is 0.155. The normalized spacial score (nSPS) is 16.4. The first-order chi connectivity index (χ1) is 12.1. The molecule has 8 heteroatoms. The third-order valence-corrected chi connectivity index (χ3v) is 5.06. The number of fused-ring (bicyclic) bond motifs is 1. The summed E-state index contributed by atoms with van der Waals surface area (Å²) in [4.78, 5) is 15.8. The van der Waals surface area contributed by atoms with Gasteiger partial charge in [-0.1, -0.05) is 28.9 Å². The third kappa shape index (κ3) is 3.12. The molecule has 4 rings (SSSR count). The number of hydrogen-bond donors (Lipinski definition) is 0. The Hall–Kier alpha value is -2.38. The molecule has 128 valence electrons. The van der Waals surface area contributed by atoms with E-state index in [0.29, 0.717) is 35.2 Å². The molecular formula is C17H15ClN4O2S. The fourth-order valence-corrected chi connectivity index (χ4v) is 3.70. The topological polar surface area (TPSA) is 60.2 Å². The number of aromatic nitrogens is 3. The minimum atomic E-state index is -0.212. The molecule has 3 aromatic rings. The molecule has 0 spiro atoms. The Balaban J connectivity index is 1.61. The number of nitrogens with zero attached hydrogens (tertiary/aromatic N) is 4. The predicted octanol–water partition coefficient (Wildman–Crippen LogP) is 3.47. The van der Waals surface area contributed by atoms with Crippen LogP contribution < -0.4 is 9.64 Å². The largest absolute Gasteiger partial charge is 0.485 e. The van der Waals surface area contributed by atoms with Gasteiger partial charge in [0, 0.05) is 4.88 Å². The summed E-state index contributed by atoms with van der Waals surface area (Å²) >= 11 is 7.85. The number of rotatable bonds is 3. The molecule has 0 fully saturated rings. The van der Waals surface area contributed by atoms with E-state index < -0.39 is 0 Å². The Labute approximate surface area is 153 Å². The molecule has 1 aliphatic rings. The molecule has 0 saturated carbocycles. The second kappa shape index (κ2) is 6.50. The van der Waals surface area contributed by atoms with Crippen molar-refractivity contribution in [3.05, 3.63) is 57.5 Å². The molecule has 1 aliphatic heterocycles. The lowest BCUT2D eigenvalue weighted by Gasteiger charge is -2.33. The number of carbonyl (C=O) groups is 1. The second-order valence-corrected chi connectivity index (χ2v) is 7.25. The number of carbonyl (C=O) groups excluding carboxylic acids is 1. The predicted molar refractivity (Wildman–Crippen MR) is 96.7 cm³/mol. The van der Waals surface area contributed by atoms with E-state index >= 15 is 0 Å². The van der Waals surface area contributed by atoms with Crippen molar-refractivity contribution in [3.8, 4) is 5.75 Å². The van der Waals surface area contributed by atoms with E-state index in [-0.39, 0.29) is 12.0 Å². The van der Waals surface area contributed by atoms with Gasteiger partial charge in [0.05, 0.1) is 30.0 Å². The highest BCUT2D eigenvalue weighted by atomic mass is 35.5. The average Bonchev–Trinajstić information content (AvgIpc) is 3.27. The maximum absolute atomic E-state index is 12.9. The van der Waals surface area contributed by atoms with Crippen LogP contribution in [0.2, 0.25) is 5.02 Å². The van der Waals surface area contributed by atoms with Crippen molar-refractivity contribution in [2.75, 3.05) is 11.4 Å². The summed E-state index contributed by atoms with van der Waals surface area (Å²) in [5.41, 5.74) is 0.958. The standard InChI is InChI=1S/C17H15ClN4O2S/c1-11-8-22(15-6-2-5-13(18)16(15)24-11)17(23)14-10-21(20-19-14)9-12-4-3-7-25-12/h2-7,10-11H,8-9H2,1H3. The zero-order valence-electron chi connectivity index (χ0n) is 13.4. The maximum atomic E-state index is 12.9. The first-order valence-corrected chi connectivity index (χ1v) is 9.07. The minimum Gasteiger partial charge on any atom is -0.485 e. The number of benzene rings is 1. The Morgan fingerprint density at radius 3 is 3.08 bits per heavy atom. The van der Waals surface area contributed by atoms with Crippen LogP contribution in [0, 0.1) is 0 Å². The van der Waals surface area contributed by atoms with Gasteiger partial charge in [-0.15, -0.1) is 16.4 Å². The van der Waals surface area contributed by atoms with Crippen LogP contribution in [0.15, 0.2) is 41.9 Å². The molecule has 0 N–H and O–H groups in total. The number of amides is 1. The number of halogens is 1. The van der Waals surface area contributed by atoms with Crippen molar-refractivity contribution in [2.45, 2.75) is 19.6 Å². The van der Waals surface area contributed by atoms with E-state index in [9.17, 15) is 4.79 Å². The summed E-state index contributed by atoms with van der Waals surface area (Å²) in [6, 6.07) is 9.38. The highest BCUT2D eigenvalue weighted by Gasteiger charge is 2.31. The monoisotopic (exact) mass is 374 g/mol. The zero-order valence-corrected chi connectivity index (χ0v) is 15.0. The Bertz CT molecular complexity index is 909. The van der Waals surface area contributed by atoms with Crippen molar-refractivity contribution >= 4 is 34.5 Å². The first kappa shape index (κ1) is 16.1. The molecule has 0 aliphatic carbocycles. The zero-order chi connectivity index (χ0) is 17.4. The van der Waals surface area contributed by atoms with Gasteiger partial charge in [0.15, 0.2) is 11.4 Å². The summed E-state index contributed by atoms with van der Waals surface area (Å²) in [6.45, 7) is 2.93. The molecule has 25 heavy (non-hydrogen) atoms. The SMILES string of the molecule is CC1CN(C(=O)c2cn(Cc3cccs3)nn2)c2cccc(Cl)c2O1. The fraction of sp³-hybridized carbons (Fsp3) is 0.235. The first-order valence-electron chi connectivity index (χ1n) is 7.81. The molecule has 6 nitrogen and oxygen atoms in total. The van der Waals surface area contributed by atoms with E-state index in [1.807, 2.05) is 30.5 Å². The van der Waals surface area contributed by atoms with E-state index in [0.717, 1.165) is 4.88 Å². The van der Waals surface area contributed by atoms with Crippen LogP contribution in [0.4, 0.5) is 5.69 Å². The molecule has 1 aromatic carbocycles. The van der Waals surface area contributed by atoms with Gasteiger partial charge in [-0.2, -0.15) is 0 Å². The number of anilines is 1. The average molecular weight is 375 g/mol. The lowest BCUT2D eigenvalue weighted by molar-refractivity contribution is 0.0956. The lowest BCUT2D eigenvalue weighted by atomic mass is 10.2. The number of para-hydroxylation sites is 1. The van der Waals surface area contributed by atoms with E-state index in [1.165, 1.54) is 0 Å². The van der Waals surface area contributed by atoms with Crippen molar-refractivity contribution < 1.29 is 9.53 Å². The van der Waals surface area contributed by atoms with E-state index in [4.69, 9.17) is 16.3 Å². The van der Waals surface area contributed by atoms with Crippen LogP contribution in [-0.2, 0) is 6.54 Å². The van der Waals surface area contributed by atoms with Crippen molar-refractivity contribution in [1.29, 1.82) is 0 Å². The molecule has 2 aromatic heterocycles. The number of hydrogen-bond acceptors (Lipinski definition) is 5. The second-order valence-electron chi connectivity index (χ2n) is 5.81. The quantitative estimate of drug-likeness (QED) is 0.704. The molecule has 1 amide bonds. The molecule has 1 unspecified atom stereocenters. The summed E-state index contributed by atoms with van der Waals surface area (Å²) in [6.07, 6.45) is 1.52. The van der Waals surface area contributed by atoms with Gasteiger partial charge in [0.2, 0.25) is 0 Å². The summed E-state index contributed by atoms with van der Waals surface area (Å²) < 4.78 is 7.46. The van der Waals surface area contributed by atoms with Gasteiger partial charge in [-0.25, -0.2) is 4.68 Å². The number of ether oxygens (including phenoxy) is 1. The van der Waals surface area contributed by atoms with Crippen LogP contribution in [0.1, 0.15) is 22.3 Å².